The summed E-state index contributed by atoms with van der Waals surface area (Å²) in [7, 11) is 2.01. The third-order valence-corrected chi connectivity index (χ3v) is 6.44. The van der Waals surface area contributed by atoms with Gasteiger partial charge in [0.05, 0.1) is 30.9 Å². The molecular weight excluding hydrogens is 348 g/mol. The molecular formula is C19H30N4O4. The van der Waals surface area contributed by atoms with Gasteiger partial charge in [-0.1, -0.05) is 6.92 Å². The van der Waals surface area contributed by atoms with E-state index in [9.17, 15) is 14.7 Å². The summed E-state index contributed by atoms with van der Waals surface area (Å²) in [6, 6.07) is 0. The number of hydrogen-bond acceptors (Lipinski definition) is 5. The molecule has 0 radical (unpaired) electrons. The fraction of sp³-hybridized carbons (Fsp3) is 0.684. The van der Waals surface area contributed by atoms with Crippen molar-refractivity contribution in [3.8, 4) is 0 Å². The SMILES string of the molecule is CCc1c(C(=O)NCC2(CO)COCC3(CCC3)N2C)[nH]c(C)c1C(N)=O. The number of nitrogens with zero attached hydrogens (tertiary/aromatic N) is 1. The van der Waals surface area contributed by atoms with Gasteiger partial charge in [-0.15, -0.1) is 0 Å². The highest BCUT2D eigenvalue weighted by molar-refractivity contribution is 6.02. The summed E-state index contributed by atoms with van der Waals surface area (Å²) in [4.78, 5) is 29.7. The van der Waals surface area contributed by atoms with Crippen molar-refractivity contribution in [2.24, 2.45) is 5.73 Å². The number of primary amides is 1. The molecule has 1 aliphatic heterocycles. The quantitative estimate of drug-likeness (QED) is 0.568. The van der Waals surface area contributed by atoms with Gasteiger partial charge in [0.25, 0.3) is 11.8 Å². The molecule has 0 bridgehead atoms. The van der Waals surface area contributed by atoms with Crippen molar-refractivity contribution < 1.29 is 19.4 Å². The number of ether oxygens (including phenoxy) is 1. The molecule has 3 rings (SSSR count). The van der Waals surface area contributed by atoms with Crippen LogP contribution in [0.4, 0.5) is 0 Å². The van der Waals surface area contributed by atoms with Crippen LogP contribution in [0.3, 0.4) is 0 Å². The van der Waals surface area contributed by atoms with Crippen LogP contribution in [0.1, 0.15) is 58.3 Å². The predicted octanol–water partition coefficient (Wildman–Crippen LogP) is 0.330. The summed E-state index contributed by atoms with van der Waals surface area (Å²) in [5.41, 5.74) is 6.72. The summed E-state index contributed by atoms with van der Waals surface area (Å²) in [6.07, 6.45) is 3.75. The van der Waals surface area contributed by atoms with E-state index in [0.717, 1.165) is 19.3 Å². The summed E-state index contributed by atoms with van der Waals surface area (Å²) < 4.78 is 5.82. The Morgan fingerprint density at radius 2 is 2.07 bits per heavy atom. The molecule has 1 aliphatic carbocycles. The van der Waals surface area contributed by atoms with Crippen molar-refractivity contribution in [1.29, 1.82) is 0 Å². The summed E-state index contributed by atoms with van der Waals surface area (Å²) >= 11 is 0. The standard InChI is InChI=1S/C19H30N4O4/c1-4-13-14(16(20)25)12(2)22-15(13)17(26)21-8-19(9-24)11-27-10-18(23(19)3)6-5-7-18/h22,24H,4-11H2,1-3H3,(H2,20,25)(H,21,26). The minimum Gasteiger partial charge on any atom is -0.394 e. The number of likely N-dealkylation sites (N-methyl/N-ethyl adjacent to an activating group) is 1. The third kappa shape index (κ3) is 3.15. The Hall–Kier alpha value is -1.90. The normalized spacial score (nSPS) is 24.6. The van der Waals surface area contributed by atoms with E-state index < -0.39 is 11.4 Å². The van der Waals surface area contributed by atoms with Gasteiger partial charge >= 0.3 is 0 Å². The van der Waals surface area contributed by atoms with E-state index in [1.165, 1.54) is 0 Å². The molecule has 1 aromatic rings. The van der Waals surface area contributed by atoms with Crippen LogP contribution in [0, 0.1) is 6.92 Å². The highest BCUT2D eigenvalue weighted by Crippen LogP contribution is 2.43. The van der Waals surface area contributed by atoms with Crippen molar-refractivity contribution in [3.63, 3.8) is 0 Å². The zero-order chi connectivity index (χ0) is 19.8. The number of H-pyrrole nitrogens is 1. The first-order valence-electron chi connectivity index (χ1n) is 9.52. The number of carbonyl (C=O) groups is 2. The molecule has 0 aromatic carbocycles. The van der Waals surface area contributed by atoms with Crippen molar-refractivity contribution >= 4 is 11.8 Å². The first-order chi connectivity index (χ1) is 12.8. The molecule has 2 aliphatic rings. The number of carbonyl (C=O) groups excluding carboxylic acids is 2. The Morgan fingerprint density at radius 1 is 1.37 bits per heavy atom. The molecule has 5 N–H and O–H groups in total. The average Bonchev–Trinajstić information content (AvgIpc) is 2.96. The number of aliphatic hydroxyl groups is 1. The number of aliphatic hydroxyl groups excluding tert-OH is 1. The monoisotopic (exact) mass is 378 g/mol. The summed E-state index contributed by atoms with van der Waals surface area (Å²) in [6.45, 7) is 4.78. The number of aryl methyl sites for hydroxylation is 1. The van der Waals surface area contributed by atoms with E-state index in [2.05, 4.69) is 15.2 Å². The zero-order valence-electron chi connectivity index (χ0n) is 16.4. The number of amides is 2. The van der Waals surface area contributed by atoms with E-state index in [4.69, 9.17) is 10.5 Å². The first kappa shape index (κ1) is 19.9. The molecule has 1 aromatic heterocycles. The highest BCUT2D eigenvalue weighted by atomic mass is 16.5. The Balaban J connectivity index is 1.78. The average molecular weight is 378 g/mol. The highest BCUT2D eigenvalue weighted by Gasteiger charge is 2.53. The summed E-state index contributed by atoms with van der Waals surface area (Å²) in [5, 5.41) is 13.1. The number of nitrogens with two attached hydrogens (primary N) is 1. The van der Waals surface area contributed by atoms with Crippen LogP contribution in [0.25, 0.3) is 0 Å². The maximum Gasteiger partial charge on any atom is 0.268 e. The van der Waals surface area contributed by atoms with Gasteiger partial charge in [-0.25, -0.2) is 0 Å². The van der Waals surface area contributed by atoms with Crippen molar-refractivity contribution in [3.05, 3.63) is 22.5 Å². The Labute approximate surface area is 159 Å². The molecule has 1 spiro atoms. The molecule has 27 heavy (non-hydrogen) atoms. The maximum atomic E-state index is 12.8. The minimum atomic E-state index is -0.658. The fourth-order valence-corrected chi connectivity index (χ4v) is 4.46. The van der Waals surface area contributed by atoms with Crippen molar-refractivity contribution in [2.45, 2.75) is 50.6 Å². The molecule has 2 heterocycles. The molecule has 8 heteroatoms. The zero-order valence-corrected chi connectivity index (χ0v) is 16.4. The predicted molar refractivity (Wildman–Crippen MR) is 101 cm³/mol. The van der Waals surface area contributed by atoms with E-state index >= 15 is 0 Å². The van der Waals surface area contributed by atoms with Gasteiger partial charge in [-0.2, -0.15) is 0 Å². The Morgan fingerprint density at radius 3 is 2.59 bits per heavy atom. The second-order valence-corrected chi connectivity index (χ2v) is 7.89. The fourth-order valence-electron chi connectivity index (χ4n) is 4.46. The number of hydrogen-bond donors (Lipinski definition) is 4. The van der Waals surface area contributed by atoms with Crippen LogP contribution >= 0.6 is 0 Å². The molecule has 2 fully saturated rings. The van der Waals surface area contributed by atoms with Crippen LogP contribution in [0.2, 0.25) is 0 Å². The lowest BCUT2D eigenvalue weighted by atomic mass is 9.72. The van der Waals surface area contributed by atoms with Gasteiger partial charge in [0, 0.05) is 17.8 Å². The lowest BCUT2D eigenvalue weighted by Gasteiger charge is -2.59. The van der Waals surface area contributed by atoms with Gasteiger partial charge < -0.3 is 25.9 Å². The lowest BCUT2D eigenvalue weighted by molar-refractivity contribution is -0.179. The van der Waals surface area contributed by atoms with Crippen LogP contribution in [-0.2, 0) is 11.2 Å². The van der Waals surface area contributed by atoms with Gasteiger partial charge in [-0.3, -0.25) is 14.5 Å². The largest absolute Gasteiger partial charge is 0.394 e. The lowest BCUT2D eigenvalue weighted by Crippen LogP contribution is -2.73. The molecule has 8 nitrogen and oxygen atoms in total. The van der Waals surface area contributed by atoms with Gasteiger partial charge in [0.1, 0.15) is 5.69 Å². The van der Waals surface area contributed by atoms with Gasteiger partial charge in [0.15, 0.2) is 0 Å². The number of aromatic nitrogens is 1. The summed E-state index contributed by atoms with van der Waals surface area (Å²) in [5.74, 6) is -0.851. The van der Waals surface area contributed by atoms with E-state index in [-0.39, 0.29) is 24.6 Å². The third-order valence-electron chi connectivity index (χ3n) is 6.44. The second-order valence-electron chi connectivity index (χ2n) is 7.89. The van der Waals surface area contributed by atoms with E-state index in [0.29, 0.717) is 42.1 Å². The smallest absolute Gasteiger partial charge is 0.268 e. The Kier molecular flexibility index (Phi) is 5.33. The second kappa shape index (κ2) is 7.26. The van der Waals surface area contributed by atoms with Crippen molar-refractivity contribution in [1.82, 2.24) is 15.2 Å². The Bertz CT molecular complexity index is 740. The molecule has 2 amide bonds. The molecule has 1 saturated heterocycles. The van der Waals surface area contributed by atoms with Crippen LogP contribution in [-0.4, -0.2) is 71.3 Å². The molecule has 1 unspecified atom stereocenters. The van der Waals surface area contributed by atoms with Gasteiger partial charge in [0.2, 0.25) is 0 Å². The van der Waals surface area contributed by atoms with Crippen LogP contribution < -0.4 is 11.1 Å². The number of aromatic amines is 1. The van der Waals surface area contributed by atoms with E-state index in [1.54, 1.807) is 6.92 Å². The molecule has 150 valence electrons. The minimum absolute atomic E-state index is 0.0392. The number of rotatable bonds is 6. The number of morpholine rings is 1. The van der Waals surface area contributed by atoms with E-state index in [1.807, 2.05) is 14.0 Å². The first-order valence-corrected chi connectivity index (χ1v) is 9.52. The van der Waals surface area contributed by atoms with Crippen LogP contribution in [0.5, 0.6) is 0 Å². The maximum absolute atomic E-state index is 12.8. The van der Waals surface area contributed by atoms with Crippen LogP contribution in [0.15, 0.2) is 0 Å². The topological polar surface area (TPSA) is 121 Å². The molecule has 1 atom stereocenters. The number of nitrogens with one attached hydrogen (secondary N) is 2. The van der Waals surface area contributed by atoms with Crippen molar-refractivity contribution in [2.75, 3.05) is 33.4 Å². The molecule has 1 saturated carbocycles. The van der Waals surface area contributed by atoms with Gasteiger partial charge in [-0.05, 0) is 45.2 Å².